The Morgan fingerprint density at radius 1 is 0.516 bits per heavy atom. The van der Waals surface area contributed by atoms with Crippen molar-refractivity contribution in [3.8, 4) is 0 Å². The highest BCUT2D eigenvalue weighted by Gasteiger charge is 2.27. The van der Waals surface area contributed by atoms with E-state index in [1.807, 2.05) is 24.3 Å². The lowest BCUT2D eigenvalue weighted by Crippen LogP contribution is -2.32. The Labute approximate surface area is 397 Å². The van der Waals surface area contributed by atoms with Gasteiger partial charge in [-0.05, 0) is 98.5 Å². The fraction of sp³-hybridized carbons (Fsp3) is 0.182. The SMILES string of the molecule is CC(=O)C(N=Nc1cccc(C(=O)Nc2ccc(CCCl)cc2)c1Cl)C(=O)Nc1cc(Cl)c(NC(=O)C(N=Nc2cccc(C(=O)Nc3ccc(CCCl)cc3)c2Cl)C(C)=O)c(Cl)c1. The molecule has 330 valence electrons. The molecule has 0 bridgehead atoms. The normalized spacial score (nSPS) is 12.1. The zero-order valence-electron chi connectivity index (χ0n) is 33.7. The second-order valence-electron chi connectivity index (χ2n) is 13.7. The number of halogens is 6. The van der Waals surface area contributed by atoms with Gasteiger partial charge in [-0.2, -0.15) is 20.5 Å². The van der Waals surface area contributed by atoms with E-state index in [1.54, 1.807) is 24.3 Å². The van der Waals surface area contributed by atoms with Gasteiger partial charge in [-0.3, -0.25) is 28.8 Å². The van der Waals surface area contributed by atoms with Crippen LogP contribution in [-0.4, -0.2) is 59.0 Å². The molecule has 64 heavy (non-hydrogen) atoms. The molecule has 0 fully saturated rings. The van der Waals surface area contributed by atoms with E-state index < -0.39 is 47.3 Å². The minimum Gasteiger partial charge on any atom is -0.324 e. The zero-order valence-corrected chi connectivity index (χ0v) is 38.3. The molecular formula is C44H36Cl6N8O6. The van der Waals surface area contributed by atoms with Gasteiger partial charge >= 0.3 is 0 Å². The van der Waals surface area contributed by atoms with Crippen LogP contribution in [0.4, 0.5) is 34.1 Å². The molecular weight excluding hydrogens is 949 g/mol. The van der Waals surface area contributed by atoms with Gasteiger partial charge < -0.3 is 21.3 Å². The molecule has 0 aliphatic rings. The number of rotatable bonds is 18. The van der Waals surface area contributed by atoms with Crippen LogP contribution in [0.5, 0.6) is 0 Å². The average Bonchev–Trinajstić information content (AvgIpc) is 3.24. The first-order valence-corrected chi connectivity index (χ1v) is 21.6. The Balaban J connectivity index is 1.24. The van der Waals surface area contributed by atoms with Crippen LogP contribution in [0.25, 0.3) is 0 Å². The molecule has 20 heteroatoms. The zero-order chi connectivity index (χ0) is 46.5. The third kappa shape index (κ3) is 13.2. The number of alkyl halides is 2. The minimum absolute atomic E-state index is 0.00537. The van der Waals surface area contributed by atoms with E-state index >= 15 is 0 Å². The molecule has 4 amide bonds. The lowest BCUT2D eigenvalue weighted by molar-refractivity contribution is -0.127. The standard InChI is InChI=1S/C44H36Cl6N8O6/c1-23(59)38(57-55-34-7-3-5-30(36(34)49)41(61)51-27-13-9-25(10-14-27)17-19-45)43(63)53-29-21-32(47)40(33(48)22-29)54-44(64)39(24(2)60)58-56-35-8-4-6-31(37(35)50)42(62)52-28-15-11-26(12-16-28)18-20-46/h3-16,21-22,38-39H,17-20H2,1-2H3,(H,51,61)(H,52,62)(H,53,63)(H,54,64). The quantitative estimate of drug-likeness (QED) is 0.0382. The summed E-state index contributed by atoms with van der Waals surface area (Å²) < 4.78 is 0. The summed E-state index contributed by atoms with van der Waals surface area (Å²) in [6, 6.07) is 22.2. The van der Waals surface area contributed by atoms with E-state index in [0.29, 0.717) is 36.0 Å². The van der Waals surface area contributed by atoms with Crippen LogP contribution < -0.4 is 21.3 Å². The van der Waals surface area contributed by atoms with Gasteiger partial charge in [-0.25, -0.2) is 0 Å². The number of hydrogen-bond acceptors (Lipinski definition) is 10. The summed E-state index contributed by atoms with van der Waals surface area (Å²) in [5.74, 6) is -3.42. The summed E-state index contributed by atoms with van der Waals surface area (Å²) >= 11 is 37.5. The smallest absolute Gasteiger partial charge is 0.258 e. The highest BCUT2D eigenvalue weighted by Crippen LogP contribution is 2.35. The second kappa shape index (κ2) is 23.3. The number of amides is 4. The number of nitrogens with one attached hydrogen (secondary N) is 4. The molecule has 5 aromatic rings. The van der Waals surface area contributed by atoms with Gasteiger partial charge in [-0.1, -0.05) is 82.8 Å². The molecule has 5 aromatic carbocycles. The van der Waals surface area contributed by atoms with Gasteiger partial charge in [0.05, 0.1) is 36.9 Å². The van der Waals surface area contributed by atoms with E-state index in [0.717, 1.165) is 25.0 Å². The molecule has 0 saturated carbocycles. The van der Waals surface area contributed by atoms with Crippen LogP contribution in [0.2, 0.25) is 20.1 Å². The van der Waals surface area contributed by atoms with Crippen LogP contribution in [-0.2, 0) is 32.0 Å². The Morgan fingerprint density at radius 3 is 1.28 bits per heavy atom. The minimum atomic E-state index is -1.70. The van der Waals surface area contributed by atoms with Crippen molar-refractivity contribution in [3.63, 3.8) is 0 Å². The van der Waals surface area contributed by atoms with Gasteiger partial charge in [0.15, 0.2) is 11.6 Å². The van der Waals surface area contributed by atoms with Crippen molar-refractivity contribution in [2.75, 3.05) is 33.0 Å². The van der Waals surface area contributed by atoms with E-state index in [-0.39, 0.29) is 54.0 Å². The Bertz CT molecular complexity index is 2620. The number of carbonyl (C=O) groups excluding carboxylic acids is 6. The number of anilines is 4. The van der Waals surface area contributed by atoms with Crippen molar-refractivity contribution in [1.82, 2.24) is 0 Å². The third-order valence-electron chi connectivity index (χ3n) is 9.02. The van der Waals surface area contributed by atoms with Crippen LogP contribution >= 0.6 is 69.6 Å². The van der Waals surface area contributed by atoms with Crippen molar-refractivity contribution in [3.05, 3.63) is 139 Å². The molecule has 0 aliphatic heterocycles. The van der Waals surface area contributed by atoms with E-state index in [4.69, 9.17) is 69.6 Å². The van der Waals surface area contributed by atoms with Gasteiger partial charge in [0.2, 0.25) is 12.1 Å². The molecule has 2 atom stereocenters. The highest BCUT2D eigenvalue weighted by atomic mass is 35.5. The first-order valence-electron chi connectivity index (χ1n) is 19.0. The van der Waals surface area contributed by atoms with Crippen LogP contribution in [0.1, 0.15) is 45.7 Å². The lowest BCUT2D eigenvalue weighted by Gasteiger charge is -2.15. The number of aryl methyl sites for hydroxylation is 2. The first-order chi connectivity index (χ1) is 30.6. The molecule has 0 spiro atoms. The number of nitrogens with zero attached hydrogens (tertiary/aromatic N) is 4. The Hall–Kier alpha value is -5.74. The molecule has 14 nitrogen and oxygen atoms in total. The van der Waals surface area contributed by atoms with E-state index in [2.05, 4.69) is 41.7 Å². The molecule has 0 aliphatic carbocycles. The first kappa shape index (κ1) is 49.3. The number of carbonyl (C=O) groups is 6. The molecule has 0 saturated heterocycles. The second-order valence-corrected chi connectivity index (χ2v) is 16.0. The maximum Gasteiger partial charge on any atom is 0.258 e. The summed E-state index contributed by atoms with van der Waals surface area (Å²) in [6.45, 7) is 2.24. The van der Waals surface area contributed by atoms with E-state index in [9.17, 15) is 28.8 Å². The van der Waals surface area contributed by atoms with Crippen molar-refractivity contribution in [1.29, 1.82) is 0 Å². The van der Waals surface area contributed by atoms with Crippen molar-refractivity contribution < 1.29 is 28.8 Å². The van der Waals surface area contributed by atoms with E-state index in [1.165, 1.54) is 48.5 Å². The summed E-state index contributed by atoms with van der Waals surface area (Å²) in [6.07, 6.45) is 1.35. The number of ketones is 2. The lowest BCUT2D eigenvalue weighted by atomic mass is 10.1. The fourth-order valence-corrected chi connectivity index (χ4v) is 7.23. The molecule has 4 N–H and O–H groups in total. The summed E-state index contributed by atoms with van der Waals surface area (Å²) in [5, 5.41) is 25.8. The summed E-state index contributed by atoms with van der Waals surface area (Å²) in [7, 11) is 0. The van der Waals surface area contributed by atoms with Gasteiger partial charge in [0.1, 0.15) is 11.4 Å². The fourth-order valence-electron chi connectivity index (χ4n) is 5.71. The van der Waals surface area contributed by atoms with Crippen LogP contribution in [0.3, 0.4) is 0 Å². The predicted molar refractivity (Wildman–Crippen MR) is 252 cm³/mol. The largest absolute Gasteiger partial charge is 0.324 e. The number of azo groups is 2. The molecule has 0 aromatic heterocycles. The Kier molecular flexibility index (Phi) is 17.9. The molecule has 5 rings (SSSR count). The summed E-state index contributed by atoms with van der Waals surface area (Å²) in [4.78, 5) is 77.9. The highest BCUT2D eigenvalue weighted by molar-refractivity contribution is 6.41. The maximum atomic E-state index is 13.3. The van der Waals surface area contributed by atoms with Gasteiger partial charge in [0, 0.05) is 28.8 Å². The molecule has 2 unspecified atom stereocenters. The predicted octanol–water partition coefficient (Wildman–Crippen LogP) is 11.7. The number of benzene rings is 5. The maximum absolute atomic E-state index is 13.3. The van der Waals surface area contributed by atoms with Gasteiger partial charge in [0.25, 0.3) is 23.6 Å². The average molecular weight is 986 g/mol. The van der Waals surface area contributed by atoms with Crippen molar-refractivity contribution >= 4 is 139 Å². The monoisotopic (exact) mass is 982 g/mol. The number of hydrogen-bond donors (Lipinski definition) is 4. The van der Waals surface area contributed by atoms with Gasteiger partial charge in [-0.15, -0.1) is 23.2 Å². The molecule has 0 radical (unpaired) electrons. The summed E-state index contributed by atoms with van der Waals surface area (Å²) in [5.41, 5.74) is 3.07. The van der Waals surface area contributed by atoms with Crippen LogP contribution in [0.15, 0.2) is 118 Å². The topological polar surface area (TPSA) is 200 Å². The molecule has 0 heterocycles. The van der Waals surface area contributed by atoms with Crippen molar-refractivity contribution in [2.24, 2.45) is 20.5 Å². The third-order valence-corrected chi connectivity index (χ3v) is 10.8. The number of Topliss-reactive ketones (excluding diaryl/α,β-unsaturated/α-hetero) is 2. The Morgan fingerprint density at radius 2 is 0.906 bits per heavy atom. The van der Waals surface area contributed by atoms with Crippen LogP contribution in [0, 0.1) is 0 Å². The van der Waals surface area contributed by atoms with Crippen molar-refractivity contribution in [2.45, 2.75) is 38.8 Å².